The lowest BCUT2D eigenvalue weighted by Gasteiger charge is -2.37. The lowest BCUT2D eigenvalue weighted by Crippen LogP contribution is -2.62. The summed E-state index contributed by atoms with van der Waals surface area (Å²) in [5, 5.41) is 5.15. The molecule has 8 heteroatoms. The third-order valence-corrected chi connectivity index (χ3v) is 19.1. The molecule has 0 bridgehead atoms. The third-order valence-electron chi connectivity index (χ3n) is 14.4. The second-order valence-corrected chi connectivity index (χ2v) is 22.6. The van der Waals surface area contributed by atoms with Crippen molar-refractivity contribution >= 4 is 149 Å². The summed E-state index contributed by atoms with van der Waals surface area (Å²) in [5.74, 6) is 0. The Bertz CT molecular complexity index is 3600. The molecule has 0 radical (unpaired) electrons. The van der Waals surface area contributed by atoms with E-state index < -0.39 is 0 Å². The van der Waals surface area contributed by atoms with Crippen LogP contribution in [0.5, 0.6) is 0 Å². The van der Waals surface area contributed by atoms with Crippen LogP contribution in [-0.4, -0.2) is 13.4 Å². The van der Waals surface area contributed by atoms with Crippen molar-refractivity contribution in [3.05, 3.63) is 231 Å². The standard InChI is InChI=1S/C62H38B2N2S4/c1-5-17-41(18-6-1)65(42-19-7-2-8-20-42)45-29-31-47-39(33-45)35-57-59-61(47)69-55-38-56-52(37-51(55)63(59)49-25-13-15-27-53(49)67-57)64-50-26-14-16-28-54(50)68-58-36-40-34-46(30-32-48(40)62(70-56)60(58)64)66(43-21-9-3-10-22-43)44-23-11-4-12-24-44/h1-38H. The topological polar surface area (TPSA) is 6.48 Å². The molecular weight excluding hydrogens is 923 g/mol. The molecule has 11 aromatic carbocycles. The molecule has 0 saturated heterocycles. The predicted molar refractivity (Wildman–Crippen MR) is 302 cm³/mol. The SMILES string of the molecule is c1ccc(N(c2ccccc2)c2ccc3c4c5c(cc3c2)Sc2ccccc2B5c2cc3c(cc2S4)Sc2c4c(cc5cc(N(c6ccccc6)c6ccccc6)ccc25)Sc2ccccc2B34)cc1. The van der Waals surface area contributed by atoms with E-state index in [2.05, 4.69) is 240 Å². The van der Waals surface area contributed by atoms with Gasteiger partial charge in [-0.25, -0.2) is 0 Å². The Kier molecular flexibility index (Phi) is 9.54. The average molecular weight is 961 g/mol. The highest BCUT2D eigenvalue weighted by molar-refractivity contribution is 8.02. The minimum Gasteiger partial charge on any atom is -0.310 e. The number of anilines is 6. The van der Waals surface area contributed by atoms with Gasteiger partial charge in [-0.2, -0.15) is 0 Å². The zero-order valence-electron chi connectivity index (χ0n) is 37.6. The van der Waals surface area contributed by atoms with Crippen LogP contribution in [0.4, 0.5) is 34.1 Å². The second-order valence-electron chi connectivity index (χ2n) is 18.3. The summed E-state index contributed by atoms with van der Waals surface area (Å²) >= 11 is 7.84. The number of rotatable bonds is 6. The molecule has 4 aliphatic heterocycles. The van der Waals surface area contributed by atoms with Gasteiger partial charge in [-0.05, 0) is 136 Å². The predicted octanol–water partition coefficient (Wildman–Crippen LogP) is 13.8. The third kappa shape index (κ3) is 6.43. The number of hydrogen-bond donors (Lipinski definition) is 0. The molecule has 0 spiro atoms. The normalized spacial score (nSPS) is 13.4. The van der Waals surface area contributed by atoms with Crippen molar-refractivity contribution in [1.82, 2.24) is 0 Å². The molecule has 0 fully saturated rings. The smallest absolute Gasteiger partial charge is 0.247 e. The number of para-hydroxylation sites is 4. The molecule has 2 nitrogen and oxygen atoms in total. The minimum absolute atomic E-state index is 0.129. The van der Waals surface area contributed by atoms with Crippen LogP contribution in [0.25, 0.3) is 21.5 Å². The highest BCUT2D eigenvalue weighted by atomic mass is 32.2. The molecule has 4 aliphatic rings. The molecule has 0 aromatic heterocycles. The molecule has 0 aliphatic carbocycles. The fraction of sp³-hybridized carbons (Fsp3) is 0. The van der Waals surface area contributed by atoms with Gasteiger partial charge in [-0.1, -0.05) is 196 Å². The highest BCUT2D eigenvalue weighted by Crippen LogP contribution is 2.48. The summed E-state index contributed by atoms with van der Waals surface area (Å²) in [7, 11) is 0. The molecule has 70 heavy (non-hydrogen) atoms. The number of hydrogen-bond acceptors (Lipinski definition) is 6. The maximum absolute atomic E-state index is 2.63. The van der Waals surface area contributed by atoms with E-state index in [4.69, 9.17) is 0 Å². The van der Waals surface area contributed by atoms with E-state index >= 15 is 0 Å². The van der Waals surface area contributed by atoms with Gasteiger partial charge >= 0.3 is 0 Å². The monoisotopic (exact) mass is 960 g/mol. The lowest BCUT2D eigenvalue weighted by molar-refractivity contribution is 1.28. The zero-order chi connectivity index (χ0) is 45.9. The fourth-order valence-electron chi connectivity index (χ4n) is 11.4. The molecule has 0 N–H and O–H groups in total. The van der Waals surface area contributed by atoms with Crippen LogP contribution in [0.15, 0.2) is 270 Å². The summed E-state index contributed by atoms with van der Waals surface area (Å²) in [6.07, 6.45) is 0. The second kappa shape index (κ2) is 16.3. The van der Waals surface area contributed by atoms with Crippen molar-refractivity contribution in [2.75, 3.05) is 9.80 Å². The number of fused-ring (bicyclic) bond motifs is 12. The molecule has 0 amide bonds. The lowest BCUT2D eigenvalue weighted by atomic mass is 9.33. The Morgan fingerprint density at radius 3 is 1.03 bits per heavy atom. The fourth-order valence-corrected chi connectivity index (χ4v) is 16.6. The largest absolute Gasteiger partial charge is 0.310 e. The maximum atomic E-state index is 2.63. The molecular formula is C62H38B2N2S4. The van der Waals surface area contributed by atoms with Gasteiger partial charge in [0.25, 0.3) is 0 Å². The van der Waals surface area contributed by atoms with Gasteiger partial charge in [0.15, 0.2) is 0 Å². The van der Waals surface area contributed by atoms with E-state index in [1.54, 1.807) is 0 Å². The Hall–Kier alpha value is -6.93. The van der Waals surface area contributed by atoms with Gasteiger partial charge in [0.05, 0.1) is 0 Å². The molecule has 4 heterocycles. The van der Waals surface area contributed by atoms with Crippen molar-refractivity contribution in [3.8, 4) is 0 Å². The first-order valence-corrected chi connectivity index (χ1v) is 27.1. The quantitative estimate of drug-likeness (QED) is 0.152. The summed E-state index contributed by atoms with van der Waals surface area (Å²) in [6, 6.07) is 85.7. The van der Waals surface area contributed by atoms with Crippen molar-refractivity contribution in [3.63, 3.8) is 0 Å². The highest BCUT2D eigenvalue weighted by Gasteiger charge is 2.44. The van der Waals surface area contributed by atoms with Gasteiger partial charge in [0.1, 0.15) is 0 Å². The van der Waals surface area contributed by atoms with E-state index in [1.807, 2.05) is 47.0 Å². The van der Waals surface area contributed by atoms with Crippen LogP contribution in [0.3, 0.4) is 0 Å². The maximum Gasteiger partial charge on any atom is 0.247 e. The van der Waals surface area contributed by atoms with Gasteiger partial charge in [0, 0.05) is 73.3 Å². The van der Waals surface area contributed by atoms with E-state index in [1.165, 1.54) is 93.5 Å². The summed E-state index contributed by atoms with van der Waals surface area (Å²) in [5.41, 5.74) is 15.4. The first-order valence-electron chi connectivity index (χ1n) is 23.8. The molecule has 0 unspecified atom stereocenters. The van der Waals surface area contributed by atoms with Crippen molar-refractivity contribution in [2.24, 2.45) is 0 Å². The van der Waals surface area contributed by atoms with Crippen molar-refractivity contribution < 1.29 is 0 Å². The number of benzene rings is 11. The van der Waals surface area contributed by atoms with Crippen LogP contribution in [0, 0.1) is 0 Å². The molecule has 0 atom stereocenters. The molecule has 326 valence electrons. The minimum atomic E-state index is 0.129. The van der Waals surface area contributed by atoms with Gasteiger partial charge in [-0.3, -0.25) is 0 Å². The zero-order valence-corrected chi connectivity index (χ0v) is 40.9. The Morgan fingerprint density at radius 1 is 0.257 bits per heavy atom. The van der Waals surface area contributed by atoms with E-state index in [-0.39, 0.29) is 13.4 Å². The van der Waals surface area contributed by atoms with Gasteiger partial charge < -0.3 is 9.80 Å². The Balaban J connectivity index is 0.905. The van der Waals surface area contributed by atoms with Crippen LogP contribution in [0.1, 0.15) is 0 Å². The van der Waals surface area contributed by atoms with Crippen LogP contribution in [-0.2, 0) is 0 Å². The van der Waals surface area contributed by atoms with Gasteiger partial charge in [-0.15, -0.1) is 0 Å². The van der Waals surface area contributed by atoms with E-state index in [0.29, 0.717) is 0 Å². The van der Waals surface area contributed by atoms with Gasteiger partial charge in [0.2, 0.25) is 13.4 Å². The van der Waals surface area contributed by atoms with Crippen molar-refractivity contribution in [2.45, 2.75) is 39.2 Å². The van der Waals surface area contributed by atoms with Crippen LogP contribution < -0.4 is 42.6 Å². The first-order chi connectivity index (χ1) is 34.7. The van der Waals surface area contributed by atoms with Crippen molar-refractivity contribution in [1.29, 1.82) is 0 Å². The Morgan fingerprint density at radius 2 is 0.629 bits per heavy atom. The number of nitrogens with zero attached hydrogens (tertiary/aromatic N) is 2. The summed E-state index contributed by atoms with van der Waals surface area (Å²) in [6.45, 7) is 0.258. The molecule has 15 rings (SSSR count). The first kappa shape index (κ1) is 40.9. The van der Waals surface area contributed by atoms with Crippen LogP contribution >= 0.6 is 47.0 Å². The van der Waals surface area contributed by atoms with E-state index in [0.717, 1.165) is 34.1 Å². The summed E-state index contributed by atoms with van der Waals surface area (Å²) < 4.78 is 0. The average Bonchev–Trinajstić information content (AvgIpc) is 3.41. The molecule has 11 aromatic rings. The summed E-state index contributed by atoms with van der Waals surface area (Å²) in [4.78, 5) is 15.6. The molecule has 0 saturated carbocycles. The van der Waals surface area contributed by atoms with E-state index in [9.17, 15) is 0 Å². The Labute approximate surface area is 425 Å². The van der Waals surface area contributed by atoms with Crippen LogP contribution in [0.2, 0.25) is 0 Å².